The van der Waals surface area contributed by atoms with Crippen LogP contribution in [-0.4, -0.2) is 40.8 Å². The quantitative estimate of drug-likeness (QED) is 0.483. The number of nitrogens with zero attached hydrogens (tertiary/aromatic N) is 1. The van der Waals surface area contributed by atoms with Gasteiger partial charge in [-0.1, -0.05) is 13.0 Å². The highest BCUT2D eigenvalue weighted by molar-refractivity contribution is 6.07. The van der Waals surface area contributed by atoms with Crippen LogP contribution in [0.1, 0.15) is 38.3 Å². The second-order valence-electron chi connectivity index (χ2n) is 7.64. The molecular weight excluding hydrogens is 473 g/mol. The Morgan fingerprint density at radius 1 is 1.09 bits per heavy atom. The molecule has 0 aliphatic carbocycles. The maximum absolute atomic E-state index is 14.2. The standard InChI is InChI=1S/C22H25F3N4O6/c1-4-15(30)28-21(22(23,24)25)16-17(26-19(21)32)29(20(33)27-18(16)31)10-9-12-7-8-13(34-5-2)14(11-12)35-6-3/h7-8,11H,4-6,9-10H2,1-3H3,(H,26,32)(H,28,30)(H,27,31,33). The average molecular weight is 498 g/mol. The third kappa shape index (κ3) is 4.62. The van der Waals surface area contributed by atoms with Gasteiger partial charge in [-0.2, -0.15) is 13.2 Å². The van der Waals surface area contributed by atoms with Crippen molar-refractivity contribution in [3.05, 3.63) is 50.2 Å². The van der Waals surface area contributed by atoms with Crippen LogP contribution in [0.4, 0.5) is 19.0 Å². The van der Waals surface area contributed by atoms with Crippen molar-refractivity contribution in [2.45, 2.75) is 51.9 Å². The molecule has 3 N–H and O–H groups in total. The lowest BCUT2D eigenvalue weighted by Crippen LogP contribution is -2.62. The smallest absolute Gasteiger partial charge is 0.425 e. The summed E-state index contributed by atoms with van der Waals surface area (Å²) in [7, 11) is 0. The summed E-state index contributed by atoms with van der Waals surface area (Å²) in [5, 5.41) is 3.64. The molecule has 1 atom stereocenters. The molecule has 0 fully saturated rings. The molecule has 2 amide bonds. The molecule has 1 unspecified atom stereocenters. The van der Waals surface area contributed by atoms with E-state index < -0.39 is 46.2 Å². The Bertz CT molecular complexity index is 1250. The lowest BCUT2D eigenvalue weighted by molar-refractivity contribution is -0.200. The Balaban J connectivity index is 2.06. The van der Waals surface area contributed by atoms with Crippen LogP contribution in [-0.2, 0) is 28.1 Å². The fourth-order valence-corrected chi connectivity index (χ4v) is 3.83. The molecule has 190 valence electrons. The Kier molecular flexibility index (Phi) is 7.27. The van der Waals surface area contributed by atoms with E-state index >= 15 is 0 Å². The van der Waals surface area contributed by atoms with E-state index in [0.717, 1.165) is 4.57 Å². The first-order valence-electron chi connectivity index (χ1n) is 10.9. The molecule has 10 nitrogen and oxygen atoms in total. The second kappa shape index (κ2) is 9.84. The molecule has 0 saturated heterocycles. The molecule has 0 spiro atoms. The fraction of sp³-hybridized carbons (Fsp3) is 0.455. The number of H-pyrrole nitrogens is 1. The van der Waals surface area contributed by atoms with Gasteiger partial charge in [-0.15, -0.1) is 0 Å². The van der Waals surface area contributed by atoms with Crippen LogP contribution < -0.4 is 31.4 Å². The Morgan fingerprint density at radius 2 is 1.74 bits per heavy atom. The van der Waals surface area contributed by atoms with Crippen LogP contribution in [0.25, 0.3) is 0 Å². The lowest BCUT2D eigenvalue weighted by atomic mass is 9.91. The molecule has 13 heteroatoms. The summed E-state index contributed by atoms with van der Waals surface area (Å²) in [5.41, 5.74) is -6.48. The highest BCUT2D eigenvalue weighted by Crippen LogP contribution is 2.45. The number of aromatic amines is 1. The number of carbonyl (C=O) groups is 2. The summed E-state index contributed by atoms with van der Waals surface area (Å²) >= 11 is 0. The Hall–Kier alpha value is -3.77. The van der Waals surface area contributed by atoms with Gasteiger partial charge >= 0.3 is 11.9 Å². The van der Waals surface area contributed by atoms with Crippen molar-refractivity contribution >= 4 is 17.6 Å². The third-order valence-corrected chi connectivity index (χ3v) is 5.45. The number of aromatic nitrogens is 2. The summed E-state index contributed by atoms with van der Waals surface area (Å²) < 4.78 is 54.4. The summed E-state index contributed by atoms with van der Waals surface area (Å²) in [4.78, 5) is 51.4. The van der Waals surface area contributed by atoms with Gasteiger partial charge in [-0.25, -0.2) is 4.79 Å². The van der Waals surface area contributed by atoms with Crippen LogP contribution in [0.2, 0.25) is 0 Å². The fourth-order valence-electron chi connectivity index (χ4n) is 3.83. The molecule has 1 aromatic carbocycles. The number of benzene rings is 1. The predicted octanol–water partition coefficient (Wildman–Crippen LogP) is 1.81. The van der Waals surface area contributed by atoms with Gasteiger partial charge in [0.2, 0.25) is 11.4 Å². The van der Waals surface area contributed by atoms with E-state index in [1.807, 2.05) is 17.2 Å². The van der Waals surface area contributed by atoms with E-state index in [1.54, 1.807) is 30.4 Å². The molecule has 35 heavy (non-hydrogen) atoms. The largest absolute Gasteiger partial charge is 0.490 e. The van der Waals surface area contributed by atoms with E-state index in [9.17, 15) is 32.3 Å². The average Bonchev–Trinajstić information content (AvgIpc) is 3.08. The van der Waals surface area contributed by atoms with Crippen molar-refractivity contribution in [1.82, 2.24) is 14.9 Å². The summed E-state index contributed by atoms with van der Waals surface area (Å²) in [6.45, 7) is 5.49. The molecule has 3 rings (SSSR count). The summed E-state index contributed by atoms with van der Waals surface area (Å²) in [6, 6.07) is 5.04. The van der Waals surface area contributed by atoms with E-state index in [0.29, 0.717) is 30.3 Å². The number of nitrogens with one attached hydrogen (secondary N) is 3. The SMILES string of the molecule is CCOc1ccc(CCn2c3c(c(=O)[nH]c2=O)C(NC(=O)CC)(C(F)(F)F)C(=O)N3)cc1OCC. The molecule has 2 aromatic rings. The van der Waals surface area contributed by atoms with Gasteiger partial charge < -0.3 is 20.1 Å². The summed E-state index contributed by atoms with van der Waals surface area (Å²) in [5.74, 6) is -2.42. The van der Waals surface area contributed by atoms with Crippen molar-refractivity contribution in [2.24, 2.45) is 0 Å². The topological polar surface area (TPSA) is 132 Å². The molecule has 0 saturated carbocycles. The highest BCUT2D eigenvalue weighted by Gasteiger charge is 2.68. The van der Waals surface area contributed by atoms with E-state index in [4.69, 9.17) is 9.47 Å². The van der Waals surface area contributed by atoms with Crippen LogP contribution >= 0.6 is 0 Å². The first-order chi connectivity index (χ1) is 16.5. The van der Waals surface area contributed by atoms with E-state index in [1.165, 1.54) is 6.92 Å². The number of fused-ring (bicyclic) bond motifs is 1. The predicted molar refractivity (Wildman–Crippen MR) is 119 cm³/mol. The van der Waals surface area contributed by atoms with Crippen molar-refractivity contribution < 1.29 is 32.2 Å². The van der Waals surface area contributed by atoms with Gasteiger partial charge in [-0.05, 0) is 38.0 Å². The molecule has 1 aliphatic rings. The first kappa shape index (κ1) is 25.8. The number of ether oxygens (including phenoxy) is 2. The van der Waals surface area contributed by atoms with E-state index in [-0.39, 0.29) is 19.4 Å². The summed E-state index contributed by atoms with van der Waals surface area (Å²) in [6.07, 6.45) is -5.58. The Morgan fingerprint density at radius 3 is 2.34 bits per heavy atom. The minimum Gasteiger partial charge on any atom is -0.490 e. The van der Waals surface area contributed by atoms with Gasteiger partial charge in [0.25, 0.3) is 11.5 Å². The zero-order valence-electron chi connectivity index (χ0n) is 19.3. The second-order valence-corrected chi connectivity index (χ2v) is 7.64. The number of amides is 2. The van der Waals surface area contributed by atoms with Gasteiger partial charge in [0.15, 0.2) is 11.5 Å². The van der Waals surface area contributed by atoms with Crippen molar-refractivity contribution in [1.29, 1.82) is 0 Å². The highest BCUT2D eigenvalue weighted by atomic mass is 19.4. The molecule has 1 aromatic heterocycles. The minimum atomic E-state index is -5.36. The number of carbonyl (C=O) groups excluding carboxylic acids is 2. The van der Waals surface area contributed by atoms with Crippen LogP contribution in [0, 0.1) is 0 Å². The Labute approximate surface area is 197 Å². The van der Waals surface area contributed by atoms with Crippen molar-refractivity contribution in [3.8, 4) is 11.5 Å². The monoisotopic (exact) mass is 498 g/mol. The maximum atomic E-state index is 14.2. The van der Waals surface area contributed by atoms with Crippen LogP contribution in [0.5, 0.6) is 11.5 Å². The molecule has 0 radical (unpaired) electrons. The van der Waals surface area contributed by atoms with Crippen LogP contribution in [0.15, 0.2) is 27.8 Å². The van der Waals surface area contributed by atoms with Gasteiger partial charge in [0, 0.05) is 13.0 Å². The van der Waals surface area contributed by atoms with Crippen molar-refractivity contribution in [3.63, 3.8) is 0 Å². The van der Waals surface area contributed by atoms with Gasteiger partial charge in [0.1, 0.15) is 11.4 Å². The number of rotatable bonds is 9. The number of alkyl halides is 3. The molecular formula is C22H25F3N4O6. The number of hydrogen-bond acceptors (Lipinski definition) is 6. The van der Waals surface area contributed by atoms with Crippen molar-refractivity contribution in [2.75, 3.05) is 18.5 Å². The number of aryl methyl sites for hydroxylation is 1. The van der Waals surface area contributed by atoms with E-state index in [2.05, 4.69) is 0 Å². The number of halogens is 3. The number of hydrogen-bond donors (Lipinski definition) is 3. The third-order valence-electron chi connectivity index (χ3n) is 5.45. The lowest BCUT2D eigenvalue weighted by Gasteiger charge is -2.29. The maximum Gasteiger partial charge on any atom is 0.425 e. The van der Waals surface area contributed by atoms with Crippen LogP contribution in [0.3, 0.4) is 0 Å². The normalized spacial score (nSPS) is 17.0. The van der Waals surface area contributed by atoms with Gasteiger partial charge in [0.05, 0.1) is 13.2 Å². The zero-order valence-corrected chi connectivity index (χ0v) is 19.3. The first-order valence-corrected chi connectivity index (χ1v) is 10.9. The molecule has 1 aliphatic heterocycles. The zero-order chi connectivity index (χ0) is 26.0. The minimum absolute atomic E-state index is 0.140. The molecule has 2 heterocycles. The number of anilines is 1. The van der Waals surface area contributed by atoms with Gasteiger partial charge in [-0.3, -0.25) is 23.9 Å². The molecule has 0 bridgehead atoms.